The van der Waals surface area contributed by atoms with Gasteiger partial charge in [-0.15, -0.1) is 0 Å². The lowest BCUT2D eigenvalue weighted by Gasteiger charge is -2.07. The van der Waals surface area contributed by atoms with Gasteiger partial charge in [-0.3, -0.25) is 4.79 Å². The molecular weight excluding hydrogens is 268 g/mol. The fourth-order valence-corrected chi connectivity index (χ4v) is 1.90. The quantitative estimate of drug-likeness (QED) is 0.676. The lowest BCUT2D eigenvalue weighted by Crippen LogP contribution is -1.94. The van der Waals surface area contributed by atoms with E-state index in [9.17, 15) is 9.90 Å². The Bertz CT molecular complexity index is 674. The molecule has 0 aliphatic rings. The highest BCUT2D eigenvalue weighted by atomic mass is 16.5. The standard InChI is InChI=1S/C17H16O4/c1-20-16-10-8-12(11-17(16)21-2)7-9-15(19)13-5-3-4-6-14(13)18/h3-11,18H,1-2H3/b9-7-. The van der Waals surface area contributed by atoms with Crippen LogP contribution < -0.4 is 9.47 Å². The van der Waals surface area contributed by atoms with E-state index < -0.39 is 0 Å². The molecule has 1 N–H and O–H groups in total. The third-order valence-electron chi connectivity index (χ3n) is 3.00. The first-order valence-electron chi connectivity index (χ1n) is 6.38. The number of carbonyl (C=O) groups excluding carboxylic acids is 1. The van der Waals surface area contributed by atoms with Crippen LogP contribution in [0.15, 0.2) is 48.5 Å². The van der Waals surface area contributed by atoms with Crippen LogP contribution in [0.4, 0.5) is 0 Å². The smallest absolute Gasteiger partial charge is 0.189 e. The molecule has 4 nitrogen and oxygen atoms in total. The van der Waals surface area contributed by atoms with Crippen LogP contribution in [0, 0.1) is 0 Å². The SMILES string of the molecule is COc1ccc(/C=C\C(=O)c2ccccc2O)cc1OC. The molecule has 0 radical (unpaired) electrons. The Labute approximate surface area is 123 Å². The summed E-state index contributed by atoms with van der Waals surface area (Å²) in [7, 11) is 3.12. The van der Waals surface area contributed by atoms with Gasteiger partial charge in [0.1, 0.15) is 5.75 Å². The lowest BCUT2D eigenvalue weighted by atomic mass is 10.1. The highest BCUT2D eigenvalue weighted by molar-refractivity contribution is 6.08. The molecule has 0 aliphatic carbocycles. The Balaban J connectivity index is 2.22. The third-order valence-corrected chi connectivity index (χ3v) is 3.00. The summed E-state index contributed by atoms with van der Waals surface area (Å²) in [5, 5.41) is 9.64. The zero-order valence-corrected chi connectivity index (χ0v) is 11.9. The summed E-state index contributed by atoms with van der Waals surface area (Å²) in [6.07, 6.45) is 3.08. The number of benzene rings is 2. The second kappa shape index (κ2) is 6.61. The molecular formula is C17H16O4. The van der Waals surface area contributed by atoms with Gasteiger partial charge in [0.15, 0.2) is 17.3 Å². The molecule has 0 saturated carbocycles. The zero-order valence-electron chi connectivity index (χ0n) is 11.9. The van der Waals surface area contributed by atoms with Crippen molar-refractivity contribution >= 4 is 11.9 Å². The Hall–Kier alpha value is -2.75. The molecule has 2 rings (SSSR count). The van der Waals surface area contributed by atoms with Gasteiger partial charge in [0.25, 0.3) is 0 Å². The Kier molecular flexibility index (Phi) is 4.61. The highest BCUT2D eigenvalue weighted by Gasteiger charge is 2.07. The van der Waals surface area contributed by atoms with Gasteiger partial charge < -0.3 is 14.6 Å². The van der Waals surface area contributed by atoms with Crippen molar-refractivity contribution in [1.29, 1.82) is 0 Å². The third kappa shape index (κ3) is 3.42. The molecule has 4 heteroatoms. The number of aromatic hydroxyl groups is 1. The summed E-state index contributed by atoms with van der Waals surface area (Å²) < 4.78 is 10.4. The number of allylic oxidation sites excluding steroid dienone is 1. The van der Waals surface area contributed by atoms with Crippen molar-refractivity contribution in [2.45, 2.75) is 0 Å². The summed E-state index contributed by atoms with van der Waals surface area (Å²) in [5.74, 6) is 0.929. The van der Waals surface area contributed by atoms with Crippen LogP contribution in [0.25, 0.3) is 6.08 Å². The first-order chi connectivity index (χ1) is 10.2. The Morgan fingerprint density at radius 2 is 1.76 bits per heavy atom. The molecule has 2 aromatic rings. The molecule has 21 heavy (non-hydrogen) atoms. The van der Waals surface area contributed by atoms with E-state index >= 15 is 0 Å². The number of carbonyl (C=O) groups is 1. The van der Waals surface area contributed by atoms with E-state index in [1.807, 2.05) is 6.07 Å². The molecule has 0 bridgehead atoms. The fraction of sp³-hybridized carbons (Fsp3) is 0.118. The molecule has 108 valence electrons. The molecule has 0 spiro atoms. The van der Waals surface area contributed by atoms with Crippen LogP contribution in [-0.4, -0.2) is 25.1 Å². The second-order valence-corrected chi connectivity index (χ2v) is 4.33. The van der Waals surface area contributed by atoms with E-state index in [2.05, 4.69) is 0 Å². The Morgan fingerprint density at radius 1 is 1.05 bits per heavy atom. The van der Waals surface area contributed by atoms with E-state index in [1.54, 1.807) is 50.6 Å². The topological polar surface area (TPSA) is 55.8 Å². The second-order valence-electron chi connectivity index (χ2n) is 4.33. The largest absolute Gasteiger partial charge is 0.507 e. The van der Waals surface area contributed by atoms with Gasteiger partial charge in [0, 0.05) is 0 Å². The number of hydrogen-bond donors (Lipinski definition) is 1. The van der Waals surface area contributed by atoms with Crippen LogP contribution in [0.2, 0.25) is 0 Å². The molecule has 0 unspecified atom stereocenters. The minimum absolute atomic E-state index is 0.0283. The first-order valence-corrected chi connectivity index (χ1v) is 6.38. The number of para-hydroxylation sites is 1. The van der Waals surface area contributed by atoms with Gasteiger partial charge in [-0.1, -0.05) is 24.3 Å². The summed E-state index contributed by atoms with van der Waals surface area (Å²) >= 11 is 0. The maximum absolute atomic E-state index is 12.0. The molecule has 0 fully saturated rings. The van der Waals surface area contributed by atoms with E-state index in [1.165, 1.54) is 12.1 Å². The van der Waals surface area contributed by atoms with Crippen LogP contribution in [-0.2, 0) is 0 Å². The zero-order chi connectivity index (χ0) is 15.2. The monoisotopic (exact) mass is 284 g/mol. The van der Waals surface area contributed by atoms with Crippen LogP contribution >= 0.6 is 0 Å². The number of methoxy groups -OCH3 is 2. The maximum Gasteiger partial charge on any atom is 0.189 e. The average Bonchev–Trinajstić information content (AvgIpc) is 2.52. The van der Waals surface area contributed by atoms with Crippen LogP contribution in [0.1, 0.15) is 15.9 Å². The van der Waals surface area contributed by atoms with Crippen molar-refractivity contribution in [3.05, 3.63) is 59.7 Å². The van der Waals surface area contributed by atoms with Crippen molar-refractivity contribution in [3.63, 3.8) is 0 Å². The summed E-state index contributed by atoms with van der Waals surface area (Å²) in [5.41, 5.74) is 1.07. The normalized spacial score (nSPS) is 10.6. The highest BCUT2D eigenvalue weighted by Crippen LogP contribution is 2.28. The number of phenols is 1. The van der Waals surface area contributed by atoms with E-state index in [0.29, 0.717) is 11.5 Å². The summed E-state index contributed by atoms with van der Waals surface area (Å²) in [6.45, 7) is 0. The molecule has 0 aliphatic heterocycles. The van der Waals surface area contributed by atoms with E-state index in [0.717, 1.165) is 5.56 Å². The van der Waals surface area contributed by atoms with Crippen LogP contribution in [0.3, 0.4) is 0 Å². The van der Waals surface area contributed by atoms with E-state index in [4.69, 9.17) is 9.47 Å². The minimum atomic E-state index is -0.261. The number of rotatable bonds is 5. The van der Waals surface area contributed by atoms with Crippen molar-refractivity contribution in [2.24, 2.45) is 0 Å². The van der Waals surface area contributed by atoms with Crippen LogP contribution in [0.5, 0.6) is 17.2 Å². The van der Waals surface area contributed by atoms with Gasteiger partial charge in [-0.05, 0) is 35.9 Å². The maximum atomic E-state index is 12.0. The molecule has 2 aromatic carbocycles. The predicted molar refractivity (Wildman–Crippen MR) is 81.0 cm³/mol. The predicted octanol–water partition coefficient (Wildman–Crippen LogP) is 3.31. The fourth-order valence-electron chi connectivity index (χ4n) is 1.90. The first kappa shape index (κ1) is 14.7. The molecule has 0 heterocycles. The van der Waals surface area contributed by atoms with Gasteiger partial charge in [-0.25, -0.2) is 0 Å². The van der Waals surface area contributed by atoms with Gasteiger partial charge in [0.05, 0.1) is 19.8 Å². The minimum Gasteiger partial charge on any atom is -0.507 e. The number of phenolic OH excluding ortho intramolecular Hbond substituents is 1. The molecule has 0 amide bonds. The summed E-state index contributed by atoms with van der Waals surface area (Å²) in [6, 6.07) is 11.8. The van der Waals surface area contributed by atoms with Gasteiger partial charge >= 0.3 is 0 Å². The molecule has 0 aromatic heterocycles. The van der Waals surface area contributed by atoms with Crippen molar-refractivity contribution in [1.82, 2.24) is 0 Å². The number of ether oxygens (including phenoxy) is 2. The van der Waals surface area contributed by atoms with E-state index in [-0.39, 0.29) is 17.1 Å². The lowest BCUT2D eigenvalue weighted by molar-refractivity contribution is 0.104. The van der Waals surface area contributed by atoms with Crippen molar-refractivity contribution < 1.29 is 19.4 Å². The van der Waals surface area contributed by atoms with Gasteiger partial charge in [0.2, 0.25) is 0 Å². The van der Waals surface area contributed by atoms with Crippen molar-refractivity contribution in [3.8, 4) is 17.2 Å². The van der Waals surface area contributed by atoms with Gasteiger partial charge in [-0.2, -0.15) is 0 Å². The Morgan fingerprint density at radius 3 is 2.43 bits per heavy atom. The number of hydrogen-bond acceptors (Lipinski definition) is 4. The summed E-state index contributed by atoms with van der Waals surface area (Å²) in [4.78, 5) is 12.0. The molecule has 0 atom stereocenters. The average molecular weight is 284 g/mol. The molecule has 0 saturated heterocycles. The van der Waals surface area contributed by atoms with Crippen molar-refractivity contribution in [2.75, 3.05) is 14.2 Å². The number of ketones is 1.